The number of pyridine rings is 1. The molecule has 0 radical (unpaired) electrons. The summed E-state index contributed by atoms with van der Waals surface area (Å²) in [5.74, 6) is 0.795. The molecule has 3 atom stereocenters. The van der Waals surface area contributed by atoms with Crippen LogP contribution in [0.3, 0.4) is 0 Å². The van der Waals surface area contributed by atoms with E-state index in [9.17, 15) is 0 Å². The monoisotopic (exact) mass is 234 g/mol. The highest BCUT2D eigenvalue weighted by atomic mass is 15.0. The van der Waals surface area contributed by atoms with Crippen molar-refractivity contribution >= 4 is 0 Å². The third kappa shape index (κ3) is 4.86. The topological polar surface area (TPSA) is 24.9 Å². The maximum atomic E-state index is 4.40. The molecule has 1 heterocycles. The number of rotatable bonds is 7. The van der Waals surface area contributed by atoms with Gasteiger partial charge in [-0.3, -0.25) is 4.98 Å². The van der Waals surface area contributed by atoms with E-state index >= 15 is 0 Å². The molecule has 0 saturated carbocycles. The molecular weight excluding hydrogens is 208 g/mol. The summed E-state index contributed by atoms with van der Waals surface area (Å²) in [7, 11) is 0. The van der Waals surface area contributed by atoms with E-state index in [0.29, 0.717) is 12.1 Å². The molecular formula is C15H26N2. The zero-order valence-corrected chi connectivity index (χ0v) is 11.6. The first-order valence-corrected chi connectivity index (χ1v) is 6.84. The summed E-state index contributed by atoms with van der Waals surface area (Å²) in [5, 5.41) is 3.69. The van der Waals surface area contributed by atoms with E-state index in [4.69, 9.17) is 0 Å². The zero-order valence-electron chi connectivity index (χ0n) is 11.6. The maximum absolute atomic E-state index is 4.40. The van der Waals surface area contributed by atoms with Crippen molar-refractivity contribution in [3.05, 3.63) is 30.1 Å². The minimum absolute atomic E-state index is 0.338. The fourth-order valence-corrected chi connectivity index (χ4v) is 2.08. The van der Waals surface area contributed by atoms with Gasteiger partial charge in [0, 0.05) is 18.3 Å². The second-order valence-corrected chi connectivity index (χ2v) is 5.00. The van der Waals surface area contributed by atoms with Crippen molar-refractivity contribution in [3.63, 3.8) is 0 Å². The Morgan fingerprint density at radius 1 is 1.18 bits per heavy atom. The third-order valence-corrected chi connectivity index (χ3v) is 3.49. The number of hydrogen-bond donors (Lipinski definition) is 1. The first-order valence-electron chi connectivity index (χ1n) is 6.84. The minimum atomic E-state index is 0.338. The molecule has 1 aromatic rings. The predicted molar refractivity (Wildman–Crippen MR) is 73.9 cm³/mol. The number of nitrogens with one attached hydrogen (secondary N) is 1. The van der Waals surface area contributed by atoms with Gasteiger partial charge in [-0.2, -0.15) is 0 Å². The lowest BCUT2D eigenvalue weighted by Gasteiger charge is -2.24. The van der Waals surface area contributed by atoms with Crippen molar-refractivity contribution in [2.75, 3.05) is 0 Å². The number of aromatic nitrogens is 1. The summed E-state index contributed by atoms with van der Waals surface area (Å²) >= 11 is 0. The maximum Gasteiger partial charge on any atom is 0.0570 e. The molecule has 0 aliphatic rings. The summed E-state index contributed by atoms with van der Waals surface area (Å²) in [6.45, 7) is 9.04. The molecule has 1 aromatic heterocycles. The van der Waals surface area contributed by atoms with Crippen LogP contribution in [0.4, 0.5) is 0 Å². The molecule has 1 N–H and O–H groups in total. The Morgan fingerprint density at radius 3 is 2.47 bits per heavy atom. The average molecular weight is 234 g/mol. The van der Waals surface area contributed by atoms with Gasteiger partial charge in [-0.25, -0.2) is 0 Å². The van der Waals surface area contributed by atoms with Gasteiger partial charge in [-0.05, 0) is 37.8 Å². The molecule has 0 aliphatic heterocycles. The van der Waals surface area contributed by atoms with Gasteiger partial charge in [0.2, 0.25) is 0 Å². The molecule has 0 spiro atoms. The molecule has 0 bridgehead atoms. The molecule has 96 valence electrons. The van der Waals surface area contributed by atoms with Gasteiger partial charge in [0.15, 0.2) is 0 Å². The fraction of sp³-hybridized carbons (Fsp3) is 0.667. The Morgan fingerprint density at radius 2 is 1.94 bits per heavy atom. The van der Waals surface area contributed by atoms with Crippen LogP contribution in [-0.2, 0) is 0 Å². The molecule has 1 rings (SSSR count). The molecule has 2 unspecified atom stereocenters. The van der Waals surface area contributed by atoms with Crippen LogP contribution in [0.15, 0.2) is 24.4 Å². The molecule has 2 heteroatoms. The first-order chi connectivity index (χ1) is 8.17. The summed E-state index contributed by atoms with van der Waals surface area (Å²) in [6.07, 6.45) is 5.56. The lowest BCUT2D eigenvalue weighted by Crippen LogP contribution is -2.32. The van der Waals surface area contributed by atoms with E-state index in [1.165, 1.54) is 19.3 Å². The Labute approximate surface area is 106 Å². The molecule has 0 amide bonds. The summed E-state index contributed by atoms with van der Waals surface area (Å²) < 4.78 is 0. The molecule has 2 nitrogen and oxygen atoms in total. The van der Waals surface area contributed by atoms with Gasteiger partial charge < -0.3 is 5.32 Å². The predicted octanol–water partition coefficient (Wildman–Crippen LogP) is 3.95. The van der Waals surface area contributed by atoms with Gasteiger partial charge in [0.1, 0.15) is 0 Å². The van der Waals surface area contributed by atoms with E-state index in [-0.39, 0.29) is 0 Å². The highest BCUT2D eigenvalue weighted by Gasteiger charge is 2.14. The number of hydrogen-bond acceptors (Lipinski definition) is 2. The van der Waals surface area contributed by atoms with E-state index in [1.54, 1.807) is 0 Å². The van der Waals surface area contributed by atoms with Crippen LogP contribution in [0.5, 0.6) is 0 Å². The highest BCUT2D eigenvalue weighted by Crippen LogP contribution is 2.16. The Bertz CT molecular complexity index is 297. The number of nitrogens with zero attached hydrogens (tertiary/aromatic N) is 1. The van der Waals surface area contributed by atoms with Crippen molar-refractivity contribution in [2.24, 2.45) is 5.92 Å². The molecule has 0 aliphatic carbocycles. The van der Waals surface area contributed by atoms with Crippen molar-refractivity contribution in [3.8, 4) is 0 Å². The molecule has 17 heavy (non-hydrogen) atoms. The van der Waals surface area contributed by atoms with Gasteiger partial charge in [0.25, 0.3) is 0 Å². The second kappa shape index (κ2) is 7.44. The van der Waals surface area contributed by atoms with E-state index < -0.39 is 0 Å². The van der Waals surface area contributed by atoms with Crippen LogP contribution >= 0.6 is 0 Å². The molecule has 0 saturated heterocycles. The Hall–Kier alpha value is -0.890. The normalized spacial score (nSPS) is 16.5. The largest absolute Gasteiger partial charge is 0.306 e. The van der Waals surface area contributed by atoms with Gasteiger partial charge in [-0.15, -0.1) is 0 Å². The molecule has 0 aromatic carbocycles. The lowest BCUT2D eigenvalue weighted by molar-refractivity contribution is 0.356. The second-order valence-electron chi connectivity index (χ2n) is 5.00. The Balaban J connectivity index is 2.50. The van der Waals surface area contributed by atoms with Gasteiger partial charge in [-0.1, -0.05) is 33.3 Å². The standard InChI is InChI=1S/C15H26N2/c1-5-12(3)11-14(6-2)17-13(4)15-9-7-8-10-16-15/h7-10,12-14,17H,5-6,11H2,1-4H3/t12?,13-,14?/m0/s1. The van der Waals surface area contributed by atoms with Crippen molar-refractivity contribution in [1.82, 2.24) is 10.3 Å². The quantitative estimate of drug-likeness (QED) is 0.772. The van der Waals surface area contributed by atoms with Crippen molar-refractivity contribution in [1.29, 1.82) is 0 Å². The van der Waals surface area contributed by atoms with Gasteiger partial charge >= 0.3 is 0 Å². The summed E-state index contributed by atoms with van der Waals surface area (Å²) in [6, 6.07) is 7.04. The average Bonchev–Trinajstić information content (AvgIpc) is 2.38. The fourth-order valence-electron chi connectivity index (χ4n) is 2.08. The third-order valence-electron chi connectivity index (χ3n) is 3.49. The molecule has 0 fully saturated rings. The summed E-state index contributed by atoms with van der Waals surface area (Å²) in [4.78, 5) is 4.40. The van der Waals surface area contributed by atoms with Gasteiger partial charge in [0.05, 0.1) is 5.69 Å². The Kier molecular flexibility index (Phi) is 6.20. The smallest absolute Gasteiger partial charge is 0.0570 e. The summed E-state index contributed by atoms with van der Waals surface area (Å²) in [5.41, 5.74) is 1.13. The SMILES string of the molecule is CCC(C)CC(CC)N[C@@H](C)c1ccccn1. The van der Waals surface area contributed by atoms with Crippen LogP contribution in [0, 0.1) is 5.92 Å². The van der Waals surface area contributed by atoms with Crippen LogP contribution in [0.2, 0.25) is 0 Å². The van der Waals surface area contributed by atoms with Crippen molar-refractivity contribution in [2.45, 2.75) is 59.0 Å². The first kappa shape index (κ1) is 14.2. The minimum Gasteiger partial charge on any atom is -0.306 e. The van der Waals surface area contributed by atoms with E-state index in [2.05, 4.69) is 50.1 Å². The van der Waals surface area contributed by atoms with Crippen LogP contribution in [0.1, 0.15) is 58.7 Å². The van der Waals surface area contributed by atoms with E-state index in [0.717, 1.165) is 11.6 Å². The lowest BCUT2D eigenvalue weighted by atomic mass is 9.97. The van der Waals surface area contributed by atoms with Crippen molar-refractivity contribution < 1.29 is 0 Å². The van der Waals surface area contributed by atoms with Crippen LogP contribution < -0.4 is 5.32 Å². The van der Waals surface area contributed by atoms with E-state index in [1.807, 2.05) is 12.3 Å². The van der Waals surface area contributed by atoms with Crippen LogP contribution in [-0.4, -0.2) is 11.0 Å². The zero-order chi connectivity index (χ0) is 12.7. The highest BCUT2D eigenvalue weighted by molar-refractivity contribution is 5.07. The van der Waals surface area contributed by atoms with Crippen LogP contribution in [0.25, 0.3) is 0 Å².